The number of carbonyl (C=O) groups excluding carboxylic acids is 1. The molecule has 3 rings (SSSR count). The van der Waals surface area contributed by atoms with Gasteiger partial charge in [0.1, 0.15) is 6.54 Å². The average molecular weight is 395 g/mol. The van der Waals surface area contributed by atoms with Crippen LogP contribution >= 0.6 is 0 Å². The Morgan fingerprint density at radius 3 is 2.57 bits per heavy atom. The molecule has 0 saturated heterocycles. The maximum absolute atomic E-state index is 13.1. The predicted molar refractivity (Wildman–Crippen MR) is 100 cm³/mol. The Labute approximate surface area is 160 Å². The summed E-state index contributed by atoms with van der Waals surface area (Å²) in [5.41, 5.74) is -1.03. The van der Waals surface area contributed by atoms with Crippen molar-refractivity contribution in [3.05, 3.63) is 39.8 Å². The van der Waals surface area contributed by atoms with Crippen molar-refractivity contribution in [2.75, 3.05) is 0 Å². The van der Waals surface area contributed by atoms with E-state index in [1.54, 1.807) is 13.8 Å². The number of nitrogens with one attached hydrogen (secondary N) is 1. The van der Waals surface area contributed by atoms with Crippen molar-refractivity contribution in [2.24, 2.45) is 5.92 Å². The predicted octanol–water partition coefficient (Wildman–Crippen LogP) is 3.84. The van der Waals surface area contributed by atoms with Gasteiger partial charge in [-0.1, -0.05) is 20.8 Å². The lowest BCUT2D eigenvalue weighted by molar-refractivity contribution is -0.137. The van der Waals surface area contributed by atoms with Crippen molar-refractivity contribution in [2.45, 2.75) is 64.7 Å². The van der Waals surface area contributed by atoms with Crippen LogP contribution in [0.15, 0.2) is 23.0 Å². The topological polar surface area (TPSA) is 64.0 Å². The third-order valence-corrected chi connectivity index (χ3v) is 5.22. The van der Waals surface area contributed by atoms with E-state index >= 15 is 0 Å². The number of carbonyl (C=O) groups is 1. The fourth-order valence-electron chi connectivity index (χ4n) is 3.77. The molecule has 1 aliphatic carbocycles. The molecular weight excluding hydrogens is 371 g/mol. The number of hydrogen-bond acceptors (Lipinski definition) is 3. The van der Waals surface area contributed by atoms with Gasteiger partial charge in [0.2, 0.25) is 5.91 Å². The van der Waals surface area contributed by atoms with Crippen molar-refractivity contribution in [3.63, 3.8) is 0 Å². The monoisotopic (exact) mass is 395 g/mol. The second-order valence-electron chi connectivity index (χ2n) is 7.94. The third-order valence-electron chi connectivity index (χ3n) is 5.22. The molecule has 1 aliphatic rings. The van der Waals surface area contributed by atoms with Gasteiger partial charge < -0.3 is 5.32 Å². The second kappa shape index (κ2) is 7.56. The molecule has 1 fully saturated rings. The molecule has 0 aliphatic heterocycles. The van der Waals surface area contributed by atoms with Crippen LogP contribution in [0.2, 0.25) is 0 Å². The Balaban J connectivity index is 1.96. The Morgan fingerprint density at radius 1 is 1.29 bits per heavy atom. The molecule has 0 radical (unpaired) electrons. The summed E-state index contributed by atoms with van der Waals surface area (Å²) >= 11 is 0. The number of alkyl halides is 3. The van der Waals surface area contributed by atoms with Crippen LogP contribution in [0.25, 0.3) is 10.8 Å². The van der Waals surface area contributed by atoms with Crippen molar-refractivity contribution >= 4 is 16.7 Å². The summed E-state index contributed by atoms with van der Waals surface area (Å²) in [4.78, 5) is 25.1. The van der Waals surface area contributed by atoms with E-state index < -0.39 is 17.3 Å². The molecule has 28 heavy (non-hydrogen) atoms. The minimum absolute atomic E-state index is 0.0950. The Kier molecular flexibility index (Phi) is 5.50. The largest absolute Gasteiger partial charge is 0.416 e. The van der Waals surface area contributed by atoms with E-state index in [1.165, 1.54) is 6.07 Å². The van der Waals surface area contributed by atoms with Gasteiger partial charge in [-0.25, -0.2) is 4.68 Å². The van der Waals surface area contributed by atoms with Gasteiger partial charge in [0.15, 0.2) is 0 Å². The molecule has 2 aromatic rings. The molecule has 0 spiro atoms. The van der Waals surface area contributed by atoms with Gasteiger partial charge in [0, 0.05) is 11.4 Å². The smallest absolute Gasteiger partial charge is 0.352 e. The highest BCUT2D eigenvalue weighted by Crippen LogP contribution is 2.32. The van der Waals surface area contributed by atoms with Gasteiger partial charge in [-0.3, -0.25) is 9.59 Å². The van der Waals surface area contributed by atoms with Gasteiger partial charge in [-0.15, -0.1) is 0 Å². The highest BCUT2D eigenvalue weighted by molar-refractivity contribution is 5.85. The zero-order valence-electron chi connectivity index (χ0n) is 16.1. The molecule has 1 aromatic carbocycles. The average Bonchev–Trinajstić information content (AvgIpc) is 3.00. The summed E-state index contributed by atoms with van der Waals surface area (Å²) in [5.74, 6) is 0.0356. The quantitative estimate of drug-likeness (QED) is 0.856. The number of fused-ring (bicyclic) bond motifs is 1. The fraction of sp³-hybridized carbons (Fsp3) is 0.550. The molecule has 1 N–H and O–H groups in total. The standard InChI is InChI=1S/C20H24F3N3O2/c1-11(2)18-16-9-13(20(21,22)23)5-7-15(16)19(28)26(25-18)10-17(27)24-14-6-4-12(3)8-14/h5,7,9,11-12,14H,4,6,8,10H2,1-3H3,(H,24,27)/t12?,14-/m1/s1. The zero-order valence-corrected chi connectivity index (χ0v) is 16.1. The summed E-state index contributed by atoms with van der Waals surface area (Å²) in [6, 6.07) is 3.11. The van der Waals surface area contributed by atoms with Gasteiger partial charge in [0.25, 0.3) is 5.56 Å². The first-order chi connectivity index (χ1) is 13.1. The number of halogens is 3. The van der Waals surface area contributed by atoms with Crippen molar-refractivity contribution in [1.29, 1.82) is 0 Å². The zero-order chi connectivity index (χ0) is 20.6. The Morgan fingerprint density at radius 2 is 2.00 bits per heavy atom. The molecule has 152 valence electrons. The van der Waals surface area contributed by atoms with E-state index in [4.69, 9.17) is 0 Å². The molecule has 1 heterocycles. The molecule has 8 heteroatoms. The Bertz CT molecular complexity index is 950. The van der Waals surface area contributed by atoms with Crippen LogP contribution in [0, 0.1) is 5.92 Å². The summed E-state index contributed by atoms with van der Waals surface area (Å²) in [6.45, 7) is 5.46. The van der Waals surface area contributed by atoms with E-state index in [0.717, 1.165) is 36.1 Å². The van der Waals surface area contributed by atoms with Crippen LogP contribution in [-0.4, -0.2) is 21.7 Å². The lowest BCUT2D eigenvalue weighted by Gasteiger charge is -2.16. The molecule has 1 amide bonds. The van der Waals surface area contributed by atoms with Crippen LogP contribution in [0.4, 0.5) is 13.2 Å². The first kappa shape index (κ1) is 20.4. The number of amides is 1. The number of benzene rings is 1. The summed E-state index contributed by atoms with van der Waals surface area (Å²) in [7, 11) is 0. The fourth-order valence-corrected chi connectivity index (χ4v) is 3.77. The summed E-state index contributed by atoms with van der Waals surface area (Å²) < 4.78 is 40.2. The number of rotatable bonds is 4. The highest BCUT2D eigenvalue weighted by atomic mass is 19.4. The van der Waals surface area contributed by atoms with Gasteiger partial charge in [0.05, 0.1) is 16.6 Å². The first-order valence-corrected chi connectivity index (χ1v) is 9.47. The van der Waals surface area contributed by atoms with E-state index in [9.17, 15) is 22.8 Å². The molecule has 0 bridgehead atoms. The molecular formula is C20H24F3N3O2. The van der Waals surface area contributed by atoms with Crippen LogP contribution in [0.5, 0.6) is 0 Å². The maximum atomic E-state index is 13.1. The normalized spacial score (nSPS) is 20.1. The lowest BCUT2D eigenvalue weighted by atomic mass is 10.0. The van der Waals surface area contributed by atoms with E-state index in [0.29, 0.717) is 11.6 Å². The third kappa shape index (κ3) is 4.20. The minimum Gasteiger partial charge on any atom is -0.352 e. The number of nitrogens with zero attached hydrogens (tertiary/aromatic N) is 2. The SMILES string of the molecule is CC1CC[C@@H](NC(=O)Cn2nc(C(C)C)c3cc(C(F)(F)F)ccc3c2=O)C1. The minimum atomic E-state index is -4.50. The van der Waals surface area contributed by atoms with Crippen LogP contribution < -0.4 is 10.9 Å². The molecule has 1 aromatic heterocycles. The van der Waals surface area contributed by atoms with Gasteiger partial charge in [-0.2, -0.15) is 18.3 Å². The lowest BCUT2D eigenvalue weighted by Crippen LogP contribution is -2.38. The van der Waals surface area contributed by atoms with E-state index in [2.05, 4.69) is 17.3 Å². The van der Waals surface area contributed by atoms with Crippen LogP contribution in [0.1, 0.15) is 57.2 Å². The molecule has 2 atom stereocenters. The highest BCUT2D eigenvalue weighted by Gasteiger charge is 2.31. The molecule has 5 nitrogen and oxygen atoms in total. The number of hydrogen-bond donors (Lipinski definition) is 1. The summed E-state index contributed by atoms with van der Waals surface area (Å²) in [5, 5.41) is 7.46. The van der Waals surface area contributed by atoms with Crippen molar-refractivity contribution in [1.82, 2.24) is 15.1 Å². The van der Waals surface area contributed by atoms with E-state index in [1.807, 2.05) is 0 Å². The van der Waals surface area contributed by atoms with Crippen molar-refractivity contribution in [3.8, 4) is 0 Å². The molecule has 1 saturated carbocycles. The maximum Gasteiger partial charge on any atom is 0.416 e. The van der Waals surface area contributed by atoms with E-state index in [-0.39, 0.29) is 35.2 Å². The Hall–Kier alpha value is -2.38. The van der Waals surface area contributed by atoms with Gasteiger partial charge >= 0.3 is 6.18 Å². The summed E-state index contributed by atoms with van der Waals surface area (Å²) in [6.07, 6.45) is -1.64. The van der Waals surface area contributed by atoms with Gasteiger partial charge in [-0.05, 0) is 49.3 Å². The van der Waals surface area contributed by atoms with Crippen LogP contribution in [0.3, 0.4) is 0 Å². The van der Waals surface area contributed by atoms with Crippen molar-refractivity contribution < 1.29 is 18.0 Å². The first-order valence-electron chi connectivity index (χ1n) is 9.47. The number of aromatic nitrogens is 2. The van der Waals surface area contributed by atoms with Crippen LogP contribution in [-0.2, 0) is 17.5 Å². The molecule has 1 unspecified atom stereocenters. The second-order valence-corrected chi connectivity index (χ2v) is 7.94.